The summed E-state index contributed by atoms with van der Waals surface area (Å²) >= 11 is 0. The number of aromatic hydroxyl groups is 1. The van der Waals surface area contributed by atoms with Crippen LogP contribution in [0.15, 0.2) is 24.2 Å². The second kappa shape index (κ2) is 5.02. The fourth-order valence-corrected chi connectivity index (χ4v) is 2.54. The van der Waals surface area contributed by atoms with Crippen molar-refractivity contribution in [3.8, 4) is 5.75 Å². The highest BCUT2D eigenvalue weighted by Gasteiger charge is 2.42. The molecule has 1 N–H and O–H groups in total. The molecule has 0 saturated carbocycles. The van der Waals surface area contributed by atoms with Gasteiger partial charge in [0.15, 0.2) is 5.78 Å². The smallest absolute Gasteiger partial charge is 0.357 e. The molecule has 0 bridgehead atoms. The maximum absolute atomic E-state index is 11.5. The SMILES string of the molecule is CC(=O)c1ccc(B2C=CC(C)(C)C(C)(C)O2)c(O)c1C. The molecule has 0 unspecified atom stereocenters. The van der Waals surface area contributed by atoms with Crippen molar-refractivity contribution in [2.75, 3.05) is 0 Å². The molecule has 0 spiro atoms. The number of carbonyl (C=O) groups excluding carboxylic acids is 1. The molecule has 0 atom stereocenters. The summed E-state index contributed by atoms with van der Waals surface area (Å²) in [6.07, 6.45) is 2.13. The van der Waals surface area contributed by atoms with E-state index >= 15 is 0 Å². The number of phenols is 1. The molecule has 3 nitrogen and oxygen atoms in total. The summed E-state index contributed by atoms with van der Waals surface area (Å²) in [5.41, 5.74) is 1.45. The number of hydrogen-bond donors (Lipinski definition) is 1. The van der Waals surface area contributed by atoms with Crippen LogP contribution in [0.1, 0.15) is 50.5 Å². The Morgan fingerprint density at radius 3 is 2.38 bits per heavy atom. The van der Waals surface area contributed by atoms with Gasteiger partial charge in [-0.1, -0.05) is 38.0 Å². The van der Waals surface area contributed by atoms with Gasteiger partial charge < -0.3 is 9.76 Å². The van der Waals surface area contributed by atoms with Crippen LogP contribution in [0.4, 0.5) is 0 Å². The Morgan fingerprint density at radius 2 is 1.86 bits per heavy atom. The van der Waals surface area contributed by atoms with Crippen molar-refractivity contribution in [2.45, 2.75) is 47.1 Å². The summed E-state index contributed by atoms with van der Waals surface area (Å²) in [6, 6.07) is 3.54. The van der Waals surface area contributed by atoms with Crippen LogP contribution in [0.5, 0.6) is 5.75 Å². The Morgan fingerprint density at radius 1 is 1.24 bits per heavy atom. The van der Waals surface area contributed by atoms with Crippen molar-refractivity contribution in [2.24, 2.45) is 5.41 Å². The minimum absolute atomic E-state index is 0.0454. The standard InChI is InChI=1S/C17H23BO3/c1-11-13(12(2)19)7-8-14(15(11)20)18-10-9-16(3,4)17(5,6)21-18/h7-10,20H,1-6H3. The van der Waals surface area contributed by atoms with Crippen molar-refractivity contribution < 1.29 is 14.6 Å². The molecular formula is C17H23BO3. The minimum Gasteiger partial charge on any atom is -0.508 e. The Bertz CT molecular complexity index is 615. The van der Waals surface area contributed by atoms with E-state index < -0.39 is 0 Å². The van der Waals surface area contributed by atoms with Gasteiger partial charge in [0.1, 0.15) is 5.75 Å². The molecule has 1 heterocycles. The first-order valence-corrected chi connectivity index (χ1v) is 7.27. The van der Waals surface area contributed by atoms with Crippen molar-refractivity contribution in [3.63, 3.8) is 0 Å². The van der Waals surface area contributed by atoms with Gasteiger partial charge in [-0.3, -0.25) is 4.79 Å². The Labute approximate surface area is 127 Å². The number of benzene rings is 1. The number of phenolic OH excluding ortho intramolecular Hbond substituents is 1. The van der Waals surface area contributed by atoms with E-state index in [1.165, 1.54) is 6.92 Å². The quantitative estimate of drug-likeness (QED) is 0.671. The second-order valence-electron chi connectivity index (χ2n) is 6.86. The zero-order valence-electron chi connectivity index (χ0n) is 13.7. The molecule has 2 rings (SSSR count). The summed E-state index contributed by atoms with van der Waals surface area (Å²) in [5, 5.41) is 10.4. The molecule has 0 aromatic heterocycles. The first-order chi connectivity index (χ1) is 9.57. The molecule has 0 radical (unpaired) electrons. The van der Waals surface area contributed by atoms with E-state index in [2.05, 4.69) is 33.8 Å². The van der Waals surface area contributed by atoms with E-state index in [9.17, 15) is 9.90 Å². The fourth-order valence-electron chi connectivity index (χ4n) is 2.54. The van der Waals surface area contributed by atoms with Gasteiger partial charge in [0.05, 0.1) is 5.60 Å². The van der Waals surface area contributed by atoms with Crippen molar-refractivity contribution >= 4 is 18.2 Å². The maximum atomic E-state index is 11.5. The number of rotatable bonds is 2. The van der Waals surface area contributed by atoms with Gasteiger partial charge in [-0.15, -0.1) is 0 Å². The van der Waals surface area contributed by atoms with Crippen LogP contribution < -0.4 is 5.46 Å². The number of Topliss-reactive ketones (excluding diaryl/α,β-unsaturated/α-hetero) is 1. The summed E-state index contributed by atoms with van der Waals surface area (Å²) in [7, 11) is 0. The van der Waals surface area contributed by atoms with Crippen LogP contribution in [-0.2, 0) is 4.65 Å². The van der Waals surface area contributed by atoms with Gasteiger partial charge in [-0.05, 0) is 33.2 Å². The first kappa shape index (κ1) is 15.8. The zero-order chi connectivity index (χ0) is 16.0. The summed E-state index contributed by atoms with van der Waals surface area (Å²) in [4.78, 5) is 11.5. The van der Waals surface area contributed by atoms with Crippen LogP contribution in [0.3, 0.4) is 0 Å². The zero-order valence-corrected chi connectivity index (χ0v) is 13.7. The van der Waals surface area contributed by atoms with E-state index in [-0.39, 0.29) is 29.5 Å². The second-order valence-corrected chi connectivity index (χ2v) is 6.86. The first-order valence-electron chi connectivity index (χ1n) is 7.27. The monoisotopic (exact) mass is 286 g/mol. The van der Waals surface area contributed by atoms with Crippen LogP contribution in [0.25, 0.3) is 0 Å². The highest BCUT2D eigenvalue weighted by Crippen LogP contribution is 2.39. The Kier molecular flexibility index (Phi) is 3.79. The molecule has 112 valence electrons. The molecule has 0 amide bonds. The lowest BCUT2D eigenvalue weighted by Gasteiger charge is -2.44. The van der Waals surface area contributed by atoms with E-state index in [0.29, 0.717) is 16.6 Å². The predicted molar refractivity (Wildman–Crippen MR) is 86.3 cm³/mol. The largest absolute Gasteiger partial charge is 0.508 e. The average Bonchev–Trinajstić information content (AvgIpc) is 2.36. The third-order valence-electron chi connectivity index (χ3n) is 4.81. The van der Waals surface area contributed by atoms with Crippen molar-refractivity contribution in [3.05, 3.63) is 35.3 Å². The summed E-state index contributed by atoms with van der Waals surface area (Å²) < 4.78 is 6.18. The number of ketones is 1. The van der Waals surface area contributed by atoms with Gasteiger partial charge in [0, 0.05) is 16.5 Å². The number of hydrogen-bond acceptors (Lipinski definition) is 3. The normalized spacial score (nSPS) is 19.6. The number of carbonyl (C=O) groups is 1. The highest BCUT2D eigenvalue weighted by atomic mass is 16.5. The highest BCUT2D eigenvalue weighted by molar-refractivity contribution is 6.73. The Hall–Kier alpha value is -1.55. The van der Waals surface area contributed by atoms with Gasteiger partial charge in [0.25, 0.3) is 0 Å². The lowest BCUT2D eigenvalue weighted by atomic mass is 9.54. The molecule has 21 heavy (non-hydrogen) atoms. The molecular weight excluding hydrogens is 263 g/mol. The Balaban J connectivity index is 2.46. The molecule has 1 aromatic carbocycles. The molecule has 1 aliphatic rings. The molecule has 4 heteroatoms. The lowest BCUT2D eigenvalue weighted by molar-refractivity contribution is 0.0135. The average molecular weight is 286 g/mol. The minimum atomic E-state index is -0.341. The van der Waals surface area contributed by atoms with Gasteiger partial charge in [-0.2, -0.15) is 0 Å². The maximum Gasteiger partial charge on any atom is 0.357 e. The van der Waals surface area contributed by atoms with Gasteiger partial charge in [0.2, 0.25) is 0 Å². The summed E-state index contributed by atoms with van der Waals surface area (Å²) in [6.45, 7) is 11.3. The third kappa shape index (κ3) is 2.65. The molecule has 0 fully saturated rings. The van der Waals surface area contributed by atoms with E-state index in [1.807, 2.05) is 5.98 Å². The summed E-state index contributed by atoms with van der Waals surface area (Å²) in [5.74, 6) is 2.08. The van der Waals surface area contributed by atoms with Crippen LogP contribution in [0.2, 0.25) is 0 Å². The molecule has 1 aromatic rings. The van der Waals surface area contributed by atoms with Gasteiger partial charge >= 0.3 is 6.92 Å². The predicted octanol–water partition coefficient (Wildman–Crippen LogP) is 3.03. The van der Waals surface area contributed by atoms with Crippen LogP contribution in [-0.4, -0.2) is 23.4 Å². The molecule has 1 aliphatic heterocycles. The van der Waals surface area contributed by atoms with Crippen molar-refractivity contribution in [1.82, 2.24) is 0 Å². The van der Waals surface area contributed by atoms with E-state index in [1.54, 1.807) is 19.1 Å². The van der Waals surface area contributed by atoms with Gasteiger partial charge in [-0.25, -0.2) is 0 Å². The van der Waals surface area contributed by atoms with Crippen molar-refractivity contribution in [1.29, 1.82) is 0 Å². The van der Waals surface area contributed by atoms with E-state index in [0.717, 1.165) is 0 Å². The van der Waals surface area contributed by atoms with Crippen LogP contribution >= 0.6 is 0 Å². The third-order valence-corrected chi connectivity index (χ3v) is 4.81. The fraction of sp³-hybridized carbons (Fsp3) is 0.471. The lowest BCUT2D eigenvalue weighted by Crippen LogP contribution is -2.51. The van der Waals surface area contributed by atoms with Crippen LogP contribution in [0, 0.1) is 12.3 Å². The molecule has 0 saturated heterocycles. The van der Waals surface area contributed by atoms with E-state index in [4.69, 9.17) is 4.65 Å². The molecule has 0 aliphatic carbocycles. The topological polar surface area (TPSA) is 46.5 Å².